The Morgan fingerprint density at radius 3 is 3.14 bits per heavy atom. The van der Waals surface area contributed by atoms with E-state index in [0.29, 0.717) is 22.3 Å². The van der Waals surface area contributed by atoms with Gasteiger partial charge in [0.15, 0.2) is 11.7 Å². The number of thiazole rings is 1. The largest absolute Gasteiger partial charge is 0.482 e. The van der Waals surface area contributed by atoms with Crippen molar-refractivity contribution >= 4 is 39.7 Å². The highest BCUT2D eigenvalue weighted by Gasteiger charge is 2.27. The van der Waals surface area contributed by atoms with Crippen LogP contribution in [-0.2, 0) is 9.59 Å². The molecule has 0 unspecified atom stereocenters. The molecule has 3 rings (SSSR count). The highest BCUT2D eigenvalue weighted by Crippen LogP contribution is 2.33. The van der Waals surface area contributed by atoms with E-state index in [1.54, 1.807) is 29.8 Å². The summed E-state index contributed by atoms with van der Waals surface area (Å²) in [6, 6.07) is 4.98. The summed E-state index contributed by atoms with van der Waals surface area (Å²) in [4.78, 5) is 29.3. The van der Waals surface area contributed by atoms with Gasteiger partial charge in [-0.2, -0.15) is 0 Å². The Labute approximate surface area is 124 Å². The number of hydrogen-bond donors (Lipinski definition) is 2. The van der Waals surface area contributed by atoms with Gasteiger partial charge in [-0.15, -0.1) is 11.3 Å². The number of anilines is 3. The Kier molecular flexibility index (Phi) is 3.44. The molecule has 0 saturated carbocycles. The van der Waals surface area contributed by atoms with Crippen LogP contribution < -0.4 is 20.7 Å². The molecular formula is C13H12N4O3S. The molecule has 0 fully saturated rings. The number of carbonyl (C=O) groups excluding carboxylic acids is 2. The van der Waals surface area contributed by atoms with Crippen molar-refractivity contribution in [1.82, 2.24) is 4.98 Å². The van der Waals surface area contributed by atoms with Crippen molar-refractivity contribution < 1.29 is 14.3 Å². The monoisotopic (exact) mass is 304 g/mol. The van der Waals surface area contributed by atoms with Crippen LogP contribution in [0.4, 0.5) is 16.5 Å². The summed E-state index contributed by atoms with van der Waals surface area (Å²) in [7, 11) is 0. The number of benzene rings is 1. The molecule has 2 heterocycles. The summed E-state index contributed by atoms with van der Waals surface area (Å²) in [5.41, 5.74) is 6.73. The number of nitrogens with zero attached hydrogens (tertiary/aromatic N) is 2. The Morgan fingerprint density at radius 2 is 2.38 bits per heavy atom. The molecule has 108 valence electrons. The van der Waals surface area contributed by atoms with E-state index in [1.807, 2.05) is 0 Å². The first kappa shape index (κ1) is 13.4. The van der Waals surface area contributed by atoms with Gasteiger partial charge in [0.1, 0.15) is 12.3 Å². The van der Waals surface area contributed by atoms with E-state index in [2.05, 4.69) is 10.3 Å². The molecule has 7 nitrogen and oxygen atoms in total. The topological polar surface area (TPSA) is 97.5 Å². The first-order valence-electron chi connectivity index (χ1n) is 6.15. The van der Waals surface area contributed by atoms with Crippen LogP contribution in [0.2, 0.25) is 0 Å². The van der Waals surface area contributed by atoms with Crippen LogP contribution in [0.15, 0.2) is 29.8 Å². The van der Waals surface area contributed by atoms with E-state index in [4.69, 9.17) is 10.5 Å². The Balaban J connectivity index is 1.80. The van der Waals surface area contributed by atoms with Gasteiger partial charge in [-0.05, 0) is 18.2 Å². The third kappa shape index (κ3) is 2.79. The molecular weight excluding hydrogens is 292 g/mol. The van der Waals surface area contributed by atoms with Crippen LogP contribution >= 0.6 is 11.3 Å². The van der Waals surface area contributed by atoms with E-state index < -0.39 is 0 Å². The minimum Gasteiger partial charge on any atom is -0.482 e. The maximum Gasteiger partial charge on any atom is 0.265 e. The van der Waals surface area contributed by atoms with Crippen molar-refractivity contribution in [3.05, 3.63) is 29.8 Å². The molecule has 0 aliphatic carbocycles. The van der Waals surface area contributed by atoms with Gasteiger partial charge in [0.2, 0.25) is 5.91 Å². The molecule has 1 aliphatic heterocycles. The lowest BCUT2D eigenvalue weighted by Crippen LogP contribution is -2.43. The second-order valence-corrected chi connectivity index (χ2v) is 5.28. The molecule has 1 aliphatic rings. The quantitative estimate of drug-likeness (QED) is 0.827. The van der Waals surface area contributed by atoms with Crippen molar-refractivity contribution in [3.63, 3.8) is 0 Å². The highest BCUT2D eigenvalue weighted by molar-refractivity contribution is 7.13. The van der Waals surface area contributed by atoms with E-state index in [1.165, 1.54) is 16.2 Å². The van der Waals surface area contributed by atoms with Crippen LogP contribution in [0.5, 0.6) is 5.75 Å². The predicted molar refractivity (Wildman–Crippen MR) is 79.4 cm³/mol. The zero-order valence-electron chi connectivity index (χ0n) is 10.9. The van der Waals surface area contributed by atoms with Gasteiger partial charge in [-0.25, -0.2) is 4.98 Å². The lowest BCUT2D eigenvalue weighted by atomic mass is 10.2. The van der Waals surface area contributed by atoms with Gasteiger partial charge in [0.05, 0.1) is 5.69 Å². The summed E-state index contributed by atoms with van der Waals surface area (Å²) in [5.74, 6) is -0.0817. The number of rotatable bonds is 3. The number of fused-ring (bicyclic) bond motifs is 1. The molecule has 2 amide bonds. The van der Waals surface area contributed by atoms with E-state index in [-0.39, 0.29) is 25.0 Å². The van der Waals surface area contributed by atoms with Crippen molar-refractivity contribution in [3.8, 4) is 5.75 Å². The number of hydrogen-bond acceptors (Lipinski definition) is 6. The molecule has 2 aromatic rings. The summed E-state index contributed by atoms with van der Waals surface area (Å²) < 4.78 is 5.32. The Hall–Kier alpha value is -2.61. The molecule has 21 heavy (non-hydrogen) atoms. The number of aromatic nitrogens is 1. The molecule has 1 aromatic heterocycles. The second-order valence-electron chi connectivity index (χ2n) is 4.38. The number of amides is 2. The molecule has 0 saturated heterocycles. The molecule has 3 N–H and O–H groups in total. The smallest absolute Gasteiger partial charge is 0.265 e. The predicted octanol–water partition coefficient (Wildman–Crippen LogP) is 1.09. The van der Waals surface area contributed by atoms with Gasteiger partial charge in [0.25, 0.3) is 5.91 Å². The number of nitrogen functional groups attached to an aromatic ring is 1. The molecule has 0 spiro atoms. The maximum atomic E-state index is 12.0. The fourth-order valence-electron chi connectivity index (χ4n) is 1.98. The van der Waals surface area contributed by atoms with Gasteiger partial charge in [-0.3, -0.25) is 14.5 Å². The van der Waals surface area contributed by atoms with Crippen LogP contribution in [0.1, 0.15) is 0 Å². The van der Waals surface area contributed by atoms with Crippen LogP contribution in [-0.4, -0.2) is 29.9 Å². The third-order valence-electron chi connectivity index (χ3n) is 2.91. The first-order chi connectivity index (χ1) is 10.1. The SMILES string of the molecule is Nc1ccc2c(c1)N(CC(=O)Nc1nccs1)C(=O)CO2. The Morgan fingerprint density at radius 1 is 1.52 bits per heavy atom. The molecule has 0 atom stereocenters. The molecule has 1 aromatic carbocycles. The first-order valence-corrected chi connectivity index (χ1v) is 7.03. The summed E-state index contributed by atoms with van der Waals surface area (Å²) in [6.45, 7) is -0.209. The Bertz CT molecular complexity index is 687. The van der Waals surface area contributed by atoms with Crippen LogP contribution in [0, 0.1) is 0 Å². The van der Waals surface area contributed by atoms with Crippen molar-refractivity contribution in [2.75, 3.05) is 29.1 Å². The van der Waals surface area contributed by atoms with Crippen LogP contribution in [0.3, 0.4) is 0 Å². The average molecular weight is 304 g/mol. The molecule has 0 radical (unpaired) electrons. The highest BCUT2D eigenvalue weighted by atomic mass is 32.1. The van der Waals surface area contributed by atoms with Gasteiger partial charge in [0, 0.05) is 17.3 Å². The van der Waals surface area contributed by atoms with E-state index >= 15 is 0 Å². The van der Waals surface area contributed by atoms with Gasteiger partial charge >= 0.3 is 0 Å². The maximum absolute atomic E-state index is 12.0. The number of nitrogens with one attached hydrogen (secondary N) is 1. The summed E-state index contributed by atoms with van der Waals surface area (Å²) in [6.07, 6.45) is 1.59. The van der Waals surface area contributed by atoms with Crippen molar-refractivity contribution in [2.45, 2.75) is 0 Å². The summed E-state index contributed by atoms with van der Waals surface area (Å²) in [5, 5.41) is 4.89. The fraction of sp³-hybridized carbons (Fsp3) is 0.154. The van der Waals surface area contributed by atoms with Crippen molar-refractivity contribution in [1.29, 1.82) is 0 Å². The average Bonchev–Trinajstić information content (AvgIpc) is 2.95. The number of ether oxygens (including phenoxy) is 1. The van der Waals surface area contributed by atoms with Gasteiger partial charge in [-0.1, -0.05) is 0 Å². The number of carbonyl (C=O) groups is 2. The van der Waals surface area contributed by atoms with E-state index in [9.17, 15) is 9.59 Å². The molecule has 8 heteroatoms. The zero-order chi connectivity index (χ0) is 14.8. The minimum atomic E-state index is -0.325. The fourth-order valence-corrected chi connectivity index (χ4v) is 2.53. The van der Waals surface area contributed by atoms with Crippen LogP contribution in [0.25, 0.3) is 0 Å². The summed E-state index contributed by atoms with van der Waals surface area (Å²) >= 11 is 1.31. The number of nitrogens with two attached hydrogens (primary N) is 1. The second kappa shape index (κ2) is 5.41. The minimum absolute atomic E-state index is 0.0958. The third-order valence-corrected chi connectivity index (χ3v) is 3.59. The van der Waals surface area contributed by atoms with E-state index in [0.717, 1.165) is 0 Å². The van der Waals surface area contributed by atoms with Crippen molar-refractivity contribution in [2.24, 2.45) is 0 Å². The lowest BCUT2D eigenvalue weighted by molar-refractivity contribution is -0.123. The lowest BCUT2D eigenvalue weighted by Gasteiger charge is -2.28. The zero-order valence-corrected chi connectivity index (χ0v) is 11.7. The van der Waals surface area contributed by atoms with Gasteiger partial charge < -0.3 is 15.8 Å². The standard InChI is InChI=1S/C13H12N4O3S/c14-8-1-2-10-9(5-8)17(12(19)7-20-10)6-11(18)16-13-15-3-4-21-13/h1-5H,6-7,14H2,(H,15,16,18). The normalized spacial score (nSPS) is 13.5. The molecule has 0 bridgehead atoms.